The number of carbonyl (C=O) groups is 1. The second-order valence-electron chi connectivity index (χ2n) is 4.32. The summed E-state index contributed by atoms with van der Waals surface area (Å²) < 4.78 is 4.53. The molecule has 0 atom stereocenters. The summed E-state index contributed by atoms with van der Waals surface area (Å²) in [4.78, 5) is 11.0. The van der Waals surface area contributed by atoms with Gasteiger partial charge < -0.3 is 10.1 Å². The summed E-state index contributed by atoms with van der Waals surface area (Å²) in [5.41, 5.74) is 1.85. The normalized spacial score (nSPS) is 15.6. The highest BCUT2D eigenvalue weighted by Crippen LogP contribution is 2.23. The van der Waals surface area contributed by atoms with Crippen molar-refractivity contribution in [2.24, 2.45) is 0 Å². The molecule has 0 aromatic heterocycles. The van der Waals surface area contributed by atoms with Gasteiger partial charge in [0, 0.05) is 17.4 Å². The van der Waals surface area contributed by atoms with Crippen molar-refractivity contribution in [3.63, 3.8) is 0 Å². The molecule has 0 radical (unpaired) electrons. The van der Waals surface area contributed by atoms with Crippen molar-refractivity contribution < 1.29 is 9.53 Å². The fourth-order valence-electron chi connectivity index (χ4n) is 2.12. The van der Waals surface area contributed by atoms with Crippen LogP contribution in [-0.4, -0.2) is 19.2 Å². The largest absolute Gasteiger partial charge is 0.453 e. The molecule has 1 saturated carbocycles. The van der Waals surface area contributed by atoms with Crippen LogP contribution < -0.4 is 10.6 Å². The van der Waals surface area contributed by atoms with Gasteiger partial charge in [0.25, 0.3) is 0 Å². The van der Waals surface area contributed by atoms with Gasteiger partial charge in [-0.3, -0.25) is 5.32 Å². The zero-order valence-electron chi connectivity index (χ0n) is 10.0. The third kappa shape index (κ3) is 3.37. The Morgan fingerprint density at radius 3 is 2.35 bits per heavy atom. The summed E-state index contributed by atoms with van der Waals surface area (Å²) in [6, 6.07) is 8.30. The Hall–Kier alpha value is -1.71. The molecular formula is C13H18N2O2. The third-order valence-corrected chi connectivity index (χ3v) is 3.04. The highest BCUT2D eigenvalue weighted by molar-refractivity contribution is 5.84. The van der Waals surface area contributed by atoms with Crippen LogP contribution in [0.5, 0.6) is 0 Å². The highest BCUT2D eigenvalue weighted by atomic mass is 16.5. The van der Waals surface area contributed by atoms with E-state index >= 15 is 0 Å². The highest BCUT2D eigenvalue weighted by Gasteiger charge is 2.14. The molecular weight excluding hydrogens is 216 g/mol. The van der Waals surface area contributed by atoms with Crippen molar-refractivity contribution in [3.05, 3.63) is 24.3 Å². The standard InChI is InChI=1S/C13H18N2O2/c1-17-13(16)15-12-8-6-11(7-9-12)14-10-4-2-3-5-10/h6-10,14H,2-5H2,1H3,(H,15,16). The molecule has 1 fully saturated rings. The molecule has 92 valence electrons. The van der Waals surface area contributed by atoms with Crippen molar-refractivity contribution in [3.8, 4) is 0 Å². The number of methoxy groups -OCH3 is 1. The van der Waals surface area contributed by atoms with E-state index in [1.54, 1.807) is 0 Å². The first kappa shape index (κ1) is 11.8. The number of carbonyl (C=O) groups excluding carboxylic acids is 1. The number of nitrogens with one attached hydrogen (secondary N) is 2. The van der Waals surface area contributed by atoms with E-state index in [0.717, 1.165) is 11.4 Å². The van der Waals surface area contributed by atoms with Crippen LogP contribution in [0.4, 0.5) is 16.2 Å². The summed E-state index contributed by atoms with van der Waals surface area (Å²) in [5.74, 6) is 0. The summed E-state index contributed by atoms with van der Waals surface area (Å²) in [6.45, 7) is 0. The number of ether oxygens (including phenoxy) is 1. The van der Waals surface area contributed by atoms with Crippen molar-refractivity contribution in [1.82, 2.24) is 0 Å². The molecule has 0 unspecified atom stereocenters. The summed E-state index contributed by atoms with van der Waals surface area (Å²) >= 11 is 0. The molecule has 4 heteroatoms. The van der Waals surface area contributed by atoms with Gasteiger partial charge in [0.2, 0.25) is 0 Å². The molecule has 1 aliphatic rings. The molecule has 0 aliphatic heterocycles. The van der Waals surface area contributed by atoms with Gasteiger partial charge in [-0.2, -0.15) is 0 Å². The van der Waals surface area contributed by atoms with E-state index < -0.39 is 6.09 Å². The summed E-state index contributed by atoms with van der Waals surface area (Å²) in [7, 11) is 1.35. The van der Waals surface area contributed by atoms with Crippen LogP contribution in [0.2, 0.25) is 0 Å². The molecule has 0 saturated heterocycles. The second kappa shape index (κ2) is 5.57. The van der Waals surface area contributed by atoms with Crippen LogP contribution in [-0.2, 0) is 4.74 Å². The average Bonchev–Trinajstić information content (AvgIpc) is 2.84. The van der Waals surface area contributed by atoms with Gasteiger partial charge in [0.05, 0.1) is 7.11 Å². The average molecular weight is 234 g/mol. The van der Waals surface area contributed by atoms with Crippen LogP contribution in [0.1, 0.15) is 25.7 Å². The van der Waals surface area contributed by atoms with Gasteiger partial charge in [0.15, 0.2) is 0 Å². The Balaban J connectivity index is 1.90. The Labute approximate surface area is 101 Å². The lowest BCUT2D eigenvalue weighted by molar-refractivity contribution is 0.187. The molecule has 4 nitrogen and oxygen atoms in total. The lowest BCUT2D eigenvalue weighted by atomic mass is 10.2. The topological polar surface area (TPSA) is 50.4 Å². The predicted molar refractivity (Wildman–Crippen MR) is 68.3 cm³/mol. The Morgan fingerprint density at radius 1 is 1.18 bits per heavy atom. The Kier molecular flexibility index (Phi) is 3.85. The first-order valence-electron chi connectivity index (χ1n) is 5.99. The zero-order valence-corrected chi connectivity index (χ0v) is 10.0. The lowest BCUT2D eigenvalue weighted by Crippen LogP contribution is -2.14. The number of anilines is 2. The lowest BCUT2D eigenvalue weighted by Gasteiger charge is -2.13. The molecule has 0 bridgehead atoms. The number of benzene rings is 1. The molecule has 0 spiro atoms. The van der Waals surface area contributed by atoms with E-state index in [0.29, 0.717) is 6.04 Å². The zero-order chi connectivity index (χ0) is 12.1. The molecule has 1 amide bonds. The number of amides is 1. The van der Waals surface area contributed by atoms with Gasteiger partial charge in [-0.1, -0.05) is 12.8 Å². The Morgan fingerprint density at radius 2 is 1.76 bits per heavy atom. The van der Waals surface area contributed by atoms with E-state index in [1.807, 2.05) is 24.3 Å². The van der Waals surface area contributed by atoms with E-state index in [2.05, 4.69) is 15.4 Å². The van der Waals surface area contributed by atoms with Crippen LogP contribution in [0.3, 0.4) is 0 Å². The maximum absolute atomic E-state index is 11.0. The minimum absolute atomic E-state index is 0.443. The van der Waals surface area contributed by atoms with Crippen molar-refractivity contribution in [2.45, 2.75) is 31.7 Å². The summed E-state index contributed by atoms with van der Waals surface area (Å²) in [6.07, 6.45) is 4.70. The quantitative estimate of drug-likeness (QED) is 0.844. The van der Waals surface area contributed by atoms with Crippen molar-refractivity contribution in [2.75, 3.05) is 17.7 Å². The number of rotatable bonds is 3. The molecule has 0 heterocycles. The fourth-order valence-corrected chi connectivity index (χ4v) is 2.12. The summed E-state index contributed by atoms with van der Waals surface area (Å²) in [5, 5.41) is 6.11. The van der Waals surface area contributed by atoms with E-state index in [-0.39, 0.29) is 0 Å². The SMILES string of the molecule is COC(=O)Nc1ccc(NC2CCCC2)cc1. The molecule has 1 aromatic rings. The number of hydrogen-bond donors (Lipinski definition) is 2. The first-order valence-corrected chi connectivity index (χ1v) is 5.99. The van der Waals surface area contributed by atoms with Crippen LogP contribution >= 0.6 is 0 Å². The van der Waals surface area contributed by atoms with Crippen LogP contribution in [0.15, 0.2) is 24.3 Å². The predicted octanol–water partition coefficient (Wildman–Crippen LogP) is 3.22. The Bertz CT molecular complexity index is 370. The van der Waals surface area contributed by atoms with E-state index in [4.69, 9.17) is 0 Å². The van der Waals surface area contributed by atoms with E-state index in [9.17, 15) is 4.79 Å². The minimum Gasteiger partial charge on any atom is -0.453 e. The molecule has 2 N–H and O–H groups in total. The first-order chi connectivity index (χ1) is 8.28. The van der Waals surface area contributed by atoms with Gasteiger partial charge in [0.1, 0.15) is 0 Å². The fraction of sp³-hybridized carbons (Fsp3) is 0.462. The molecule has 1 aliphatic carbocycles. The molecule has 2 rings (SSSR count). The van der Waals surface area contributed by atoms with Gasteiger partial charge >= 0.3 is 6.09 Å². The monoisotopic (exact) mass is 234 g/mol. The van der Waals surface area contributed by atoms with Crippen LogP contribution in [0.25, 0.3) is 0 Å². The van der Waals surface area contributed by atoms with E-state index in [1.165, 1.54) is 32.8 Å². The van der Waals surface area contributed by atoms with Crippen LogP contribution in [0, 0.1) is 0 Å². The van der Waals surface area contributed by atoms with Crippen molar-refractivity contribution >= 4 is 17.5 Å². The maximum atomic E-state index is 11.0. The maximum Gasteiger partial charge on any atom is 0.411 e. The van der Waals surface area contributed by atoms with Gasteiger partial charge in [-0.05, 0) is 37.1 Å². The number of hydrogen-bond acceptors (Lipinski definition) is 3. The minimum atomic E-state index is -0.443. The second-order valence-corrected chi connectivity index (χ2v) is 4.32. The van der Waals surface area contributed by atoms with Crippen molar-refractivity contribution in [1.29, 1.82) is 0 Å². The van der Waals surface area contributed by atoms with Gasteiger partial charge in [-0.25, -0.2) is 4.79 Å². The van der Waals surface area contributed by atoms with Gasteiger partial charge in [-0.15, -0.1) is 0 Å². The molecule has 17 heavy (non-hydrogen) atoms. The smallest absolute Gasteiger partial charge is 0.411 e. The third-order valence-electron chi connectivity index (χ3n) is 3.04. The molecule has 1 aromatic carbocycles.